The van der Waals surface area contributed by atoms with E-state index in [2.05, 4.69) is 0 Å². The number of carbonyl (C=O) groups excluding carboxylic acids is 1. The first-order valence-corrected chi connectivity index (χ1v) is 6.92. The van der Waals surface area contributed by atoms with Gasteiger partial charge in [-0.2, -0.15) is 0 Å². The number of furan rings is 1. The minimum Gasteiger partial charge on any atom is -0.456 e. The molecule has 0 radical (unpaired) electrons. The van der Waals surface area contributed by atoms with Crippen molar-refractivity contribution < 1.29 is 9.21 Å². The molecule has 106 valence electrons. The van der Waals surface area contributed by atoms with Crippen LogP contribution >= 0.6 is 0 Å². The largest absolute Gasteiger partial charge is 0.456 e. The van der Waals surface area contributed by atoms with Crippen molar-refractivity contribution in [1.82, 2.24) is 0 Å². The molecule has 1 aromatic carbocycles. The fourth-order valence-corrected chi connectivity index (χ4v) is 2.10. The summed E-state index contributed by atoms with van der Waals surface area (Å²) in [6.07, 6.45) is 1.62. The van der Waals surface area contributed by atoms with E-state index in [1.54, 1.807) is 17.0 Å². The Balaban J connectivity index is 2.33. The van der Waals surface area contributed by atoms with E-state index < -0.39 is 0 Å². The Morgan fingerprint density at radius 1 is 1.20 bits per heavy atom. The van der Waals surface area contributed by atoms with E-state index in [9.17, 15) is 4.79 Å². The number of rotatable bonds is 5. The topological polar surface area (TPSA) is 59.5 Å². The Labute approximate surface area is 119 Å². The minimum absolute atomic E-state index is 0.149. The number of nitrogen functional groups attached to an aromatic ring is 1. The van der Waals surface area contributed by atoms with Gasteiger partial charge in [0.1, 0.15) is 5.76 Å². The molecule has 20 heavy (non-hydrogen) atoms. The second-order valence-electron chi connectivity index (χ2n) is 4.64. The molecule has 0 unspecified atom stereocenters. The molecule has 0 saturated heterocycles. The predicted octanol–water partition coefficient (Wildman–Crippen LogP) is 3.48. The number of hydrogen-bond donors (Lipinski definition) is 1. The first kappa shape index (κ1) is 14.2. The van der Waals surface area contributed by atoms with Gasteiger partial charge in [0.25, 0.3) is 5.91 Å². The number of hydrogen-bond acceptors (Lipinski definition) is 3. The third-order valence-electron chi connectivity index (χ3n) is 3.14. The highest BCUT2D eigenvalue weighted by molar-refractivity contribution is 6.05. The summed E-state index contributed by atoms with van der Waals surface area (Å²) >= 11 is 0. The summed E-state index contributed by atoms with van der Waals surface area (Å²) in [7, 11) is 0. The van der Waals surface area contributed by atoms with E-state index in [-0.39, 0.29) is 5.91 Å². The summed E-state index contributed by atoms with van der Waals surface area (Å²) in [5, 5.41) is 0. The first-order chi connectivity index (χ1) is 9.67. The molecule has 4 nitrogen and oxygen atoms in total. The summed E-state index contributed by atoms with van der Waals surface area (Å²) in [6, 6.07) is 10.9. The van der Waals surface area contributed by atoms with Gasteiger partial charge in [0, 0.05) is 13.0 Å². The van der Waals surface area contributed by atoms with Crippen LogP contribution in [-0.4, -0.2) is 12.5 Å². The molecule has 4 heteroatoms. The van der Waals surface area contributed by atoms with Crippen molar-refractivity contribution in [2.24, 2.45) is 0 Å². The van der Waals surface area contributed by atoms with Crippen molar-refractivity contribution in [3.63, 3.8) is 0 Å². The number of nitrogens with two attached hydrogens (primary N) is 1. The minimum atomic E-state index is -0.149. The van der Waals surface area contributed by atoms with Crippen LogP contribution in [0.1, 0.15) is 36.6 Å². The first-order valence-electron chi connectivity index (χ1n) is 6.92. The Morgan fingerprint density at radius 2 is 1.95 bits per heavy atom. The molecule has 2 rings (SSSR count). The van der Waals surface area contributed by atoms with E-state index >= 15 is 0 Å². The third kappa shape index (κ3) is 2.85. The van der Waals surface area contributed by atoms with Gasteiger partial charge < -0.3 is 15.1 Å². The zero-order valence-electron chi connectivity index (χ0n) is 11.9. The zero-order valence-corrected chi connectivity index (χ0v) is 11.9. The second-order valence-corrected chi connectivity index (χ2v) is 4.64. The number of amides is 1. The summed E-state index contributed by atoms with van der Waals surface area (Å²) in [5.41, 5.74) is 7.30. The lowest BCUT2D eigenvalue weighted by atomic mass is 10.2. The van der Waals surface area contributed by atoms with Gasteiger partial charge in [0.05, 0.1) is 11.4 Å². The molecule has 0 saturated carbocycles. The van der Waals surface area contributed by atoms with E-state index in [4.69, 9.17) is 10.2 Å². The van der Waals surface area contributed by atoms with E-state index in [1.807, 2.05) is 38.1 Å². The molecule has 1 aromatic heterocycles. The predicted molar refractivity (Wildman–Crippen MR) is 80.9 cm³/mol. The van der Waals surface area contributed by atoms with Crippen LogP contribution < -0.4 is 10.6 Å². The molecule has 0 spiro atoms. The molecule has 0 aliphatic heterocycles. The number of para-hydroxylation sites is 2. The van der Waals surface area contributed by atoms with Gasteiger partial charge in [-0.3, -0.25) is 4.79 Å². The molecule has 2 N–H and O–H groups in total. The normalized spacial score (nSPS) is 10.5. The van der Waals surface area contributed by atoms with Crippen LogP contribution in [0, 0.1) is 0 Å². The fraction of sp³-hybridized carbons (Fsp3) is 0.312. The van der Waals surface area contributed by atoms with Gasteiger partial charge >= 0.3 is 0 Å². The van der Waals surface area contributed by atoms with Crippen LogP contribution in [0.2, 0.25) is 0 Å². The van der Waals surface area contributed by atoms with Gasteiger partial charge in [-0.1, -0.05) is 26.0 Å². The molecule has 0 fully saturated rings. The molecule has 0 bridgehead atoms. The van der Waals surface area contributed by atoms with Crippen molar-refractivity contribution in [1.29, 1.82) is 0 Å². The maximum absolute atomic E-state index is 12.6. The lowest BCUT2D eigenvalue weighted by molar-refractivity contribution is 0.0958. The fourth-order valence-electron chi connectivity index (χ4n) is 2.10. The number of carbonyl (C=O) groups is 1. The van der Waals surface area contributed by atoms with Crippen LogP contribution in [0.15, 0.2) is 40.8 Å². The van der Waals surface area contributed by atoms with Gasteiger partial charge in [-0.25, -0.2) is 0 Å². The Hall–Kier alpha value is -2.23. The highest BCUT2D eigenvalue weighted by atomic mass is 16.4. The van der Waals surface area contributed by atoms with Gasteiger partial charge in [-0.15, -0.1) is 0 Å². The van der Waals surface area contributed by atoms with Crippen LogP contribution in [0.3, 0.4) is 0 Å². The molecule has 1 amide bonds. The highest BCUT2D eigenvalue weighted by Crippen LogP contribution is 2.25. The molecular formula is C16H20N2O2. The van der Waals surface area contributed by atoms with Crippen LogP contribution in [0.4, 0.5) is 11.4 Å². The summed E-state index contributed by atoms with van der Waals surface area (Å²) in [4.78, 5) is 14.3. The smallest absolute Gasteiger partial charge is 0.294 e. The van der Waals surface area contributed by atoms with Crippen molar-refractivity contribution in [2.45, 2.75) is 26.7 Å². The monoisotopic (exact) mass is 272 g/mol. The third-order valence-corrected chi connectivity index (χ3v) is 3.14. The van der Waals surface area contributed by atoms with Crippen molar-refractivity contribution in [3.8, 4) is 0 Å². The number of benzene rings is 1. The SMILES string of the molecule is CCCN(C(=O)c1ccc(CC)o1)c1ccccc1N. The lowest BCUT2D eigenvalue weighted by Gasteiger charge is -2.22. The van der Waals surface area contributed by atoms with Crippen molar-refractivity contribution >= 4 is 17.3 Å². The summed E-state index contributed by atoms with van der Waals surface area (Å²) < 4.78 is 5.55. The standard InChI is InChI=1S/C16H20N2O2/c1-3-11-18(14-8-6-5-7-13(14)17)16(19)15-10-9-12(4-2)20-15/h5-10H,3-4,11,17H2,1-2H3. The highest BCUT2D eigenvalue weighted by Gasteiger charge is 2.21. The van der Waals surface area contributed by atoms with Gasteiger partial charge in [0.2, 0.25) is 0 Å². The Morgan fingerprint density at radius 3 is 2.55 bits per heavy atom. The average molecular weight is 272 g/mol. The summed E-state index contributed by atoms with van der Waals surface area (Å²) in [6.45, 7) is 4.63. The Kier molecular flexibility index (Phi) is 4.45. The van der Waals surface area contributed by atoms with Crippen molar-refractivity contribution in [3.05, 3.63) is 47.9 Å². The van der Waals surface area contributed by atoms with Crippen molar-refractivity contribution in [2.75, 3.05) is 17.2 Å². The Bertz CT molecular complexity index is 590. The number of aryl methyl sites for hydroxylation is 1. The van der Waals surface area contributed by atoms with E-state index in [0.29, 0.717) is 18.0 Å². The maximum Gasteiger partial charge on any atom is 0.294 e. The van der Waals surface area contributed by atoms with Crippen LogP contribution in [-0.2, 0) is 6.42 Å². The van der Waals surface area contributed by atoms with Crippen LogP contribution in [0.5, 0.6) is 0 Å². The van der Waals surface area contributed by atoms with E-state index in [1.165, 1.54) is 0 Å². The molecule has 1 heterocycles. The molecule has 0 atom stereocenters. The molecule has 2 aromatic rings. The molecule has 0 aliphatic carbocycles. The number of anilines is 2. The van der Waals surface area contributed by atoms with E-state index in [0.717, 1.165) is 24.3 Å². The molecular weight excluding hydrogens is 252 g/mol. The van der Waals surface area contributed by atoms with Gasteiger partial charge in [-0.05, 0) is 30.7 Å². The van der Waals surface area contributed by atoms with Gasteiger partial charge in [0.15, 0.2) is 5.76 Å². The quantitative estimate of drug-likeness (QED) is 0.848. The van der Waals surface area contributed by atoms with Crippen LogP contribution in [0.25, 0.3) is 0 Å². The summed E-state index contributed by atoms with van der Waals surface area (Å²) in [5.74, 6) is 1.02. The average Bonchev–Trinajstić information content (AvgIpc) is 2.94. The maximum atomic E-state index is 12.6. The lowest BCUT2D eigenvalue weighted by Crippen LogP contribution is -2.32. The second kappa shape index (κ2) is 6.28. The number of nitrogens with zero attached hydrogens (tertiary/aromatic N) is 1. The molecule has 0 aliphatic rings. The zero-order chi connectivity index (χ0) is 14.5.